The van der Waals surface area contributed by atoms with Crippen LogP contribution < -0.4 is 11.1 Å². The van der Waals surface area contributed by atoms with Crippen molar-refractivity contribution >= 4 is 33.4 Å². The average molecular weight is 418 g/mol. The molecule has 6 heteroatoms. The highest BCUT2D eigenvalue weighted by atomic mass is 16.5. The lowest BCUT2D eigenvalue weighted by Gasteiger charge is -2.12. The Morgan fingerprint density at radius 3 is 2.52 bits per heavy atom. The van der Waals surface area contributed by atoms with Gasteiger partial charge in [-0.15, -0.1) is 0 Å². The van der Waals surface area contributed by atoms with Crippen molar-refractivity contribution in [1.82, 2.24) is 14.5 Å². The Labute approximate surface area is 183 Å². The first-order chi connectivity index (χ1) is 15.1. The van der Waals surface area contributed by atoms with Gasteiger partial charge in [0.15, 0.2) is 5.82 Å². The monoisotopic (exact) mass is 417 g/mol. The van der Waals surface area contributed by atoms with E-state index < -0.39 is 0 Å². The summed E-state index contributed by atoms with van der Waals surface area (Å²) < 4.78 is 7.71. The summed E-state index contributed by atoms with van der Waals surface area (Å²) >= 11 is 0. The van der Waals surface area contributed by atoms with E-state index in [1.807, 2.05) is 19.2 Å². The molecule has 0 spiro atoms. The number of methoxy groups -OCH3 is 1. The minimum Gasteiger partial charge on any atom is -0.399 e. The molecule has 0 saturated heterocycles. The quantitative estimate of drug-likeness (QED) is 0.377. The fourth-order valence-electron chi connectivity index (χ4n) is 4.10. The number of nitrogens with zero attached hydrogens (tertiary/aromatic N) is 3. The normalized spacial score (nSPS) is 11.5. The molecule has 2 heterocycles. The summed E-state index contributed by atoms with van der Waals surface area (Å²) in [6.07, 6.45) is 4.13. The van der Waals surface area contributed by atoms with Gasteiger partial charge in [0.25, 0.3) is 0 Å². The van der Waals surface area contributed by atoms with E-state index in [1.54, 1.807) is 7.11 Å². The number of hydrogen-bond donors (Lipinski definition) is 2. The number of benzene rings is 2. The smallest absolute Gasteiger partial charge is 0.154 e. The van der Waals surface area contributed by atoms with Gasteiger partial charge in [0.2, 0.25) is 0 Å². The van der Waals surface area contributed by atoms with Crippen molar-refractivity contribution in [2.45, 2.75) is 45.8 Å². The number of unbranched alkanes of at least 4 members (excludes halogenated alkanes) is 1. The van der Waals surface area contributed by atoms with Gasteiger partial charge < -0.3 is 20.4 Å². The molecule has 0 aliphatic heterocycles. The Kier molecular flexibility index (Phi) is 6.37. The second kappa shape index (κ2) is 9.35. The summed E-state index contributed by atoms with van der Waals surface area (Å²) in [5.41, 5.74) is 12.1. The highest BCUT2D eigenvalue weighted by molar-refractivity contribution is 6.07. The number of anilines is 2. The molecule has 4 rings (SSSR count). The van der Waals surface area contributed by atoms with E-state index in [-0.39, 0.29) is 0 Å². The van der Waals surface area contributed by atoms with E-state index in [4.69, 9.17) is 20.4 Å². The lowest BCUT2D eigenvalue weighted by Crippen LogP contribution is -2.07. The first kappa shape index (κ1) is 21.1. The number of aromatic nitrogens is 3. The van der Waals surface area contributed by atoms with Gasteiger partial charge in [0.05, 0.1) is 17.6 Å². The molecule has 0 radical (unpaired) electrons. The second-order valence-corrected chi connectivity index (χ2v) is 7.97. The second-order valence-electron chi connectivity index (χ2n) is 7.97. The molecule has 0 atom stereocenters. The highest BCUT2D eigenvalue weighted by Crippen LogP contribution is 2.31. The topological polar surface area (TPSA) is 78.0 Å². The summed E-state index contributed by atoms with van der Waals surface area (Å²) in [6, 6.07) is 14.5. The molecule has 0 saturated carbocycles. The molecular weight excluding hydrogens is 386 g/mol. The number of ether oxygens (including phenoxy) is 1. The number of nitrogen functional groups attached to an aromatic ring is 1. The van der Waals surface area contributed by atoms with Gasteiger partial charge in [-0.1, -0.05) is 37.6 Å². The SMILES string of the molecule is CCCCc1nc2c(NC)nc3cc(COC)ccc3c2n1CCc1ccc(N)cc1. The van der Waals surface area contributed by atoms with Crippen molar-refractivity contribution in [3.05, 3.63) is 59.4 Å². The number of aryl methyl sites for hydroxylation is 3. The van der Waals surface area contributed by atoms with Crippen LogP contribution in [0.4, 0.5) is 11.5 Å². The highest BCUT2D eigenvalue weighted by Gasteiger charge is 2.18. The fourth-order valence-corrected chi connectivity index (χ4v) is 4.10. The molecule has 0 fully saturated rings. The number of nitrogens with one attached hydrogen (secondary N) is 1. The van der Waals surface area contributed by atoms with E-state index >= 15 is 0 Å². The van der Waals surface area contributed by atoms with Gasteiger partial charge in [0, 0.05) is 38.2 Å². The van der Waals surface area contributed by atoms with Gasteiger partial charge in [0.1, 0.15) is 11.3 Å². The zero-order chi connectivity index (χ0) is 21.8. The molecule has 0 unspecified atom stereocenters. The van der Waals surface area contributed by atoms with Crippen LogP contribution in [0.15, 0.2) is 42.5 Å². The zero-order valence-electron chi connectivity index (χ0n) is 18.6. The average Bonchev–Trinajstić information content (AvgIpc) is 3.15. The molecule has 0 aliphatic rings. The summed E-state index contributed by atoms with van der Waals surface area (Å²) in [6.45, 7) is 3.65. The van der Waals surface area contributed by atoms with E-state index in [0.717, 1.165) is 77.1 Å². The van der Waals surface area contributed by atoms with Gasteiger partial charge in [-0.2, -0.15) is 0 Å². The Hall–Kier alpha value is -3.12. The van der Waals surface area contributed by atoms with Crippen LogP contribution in [-0.4, -0.2) is 28.7 Å². The first-order valence-electron chi connectivity index (χ1n) is 11.0. The molecule has 2 aromatic heterocycles. The number of rotatable bonds is 9. The van der Waals surface area contributed by atoms with Crippen LogP contribution in [-0.2, 0) is 30.7 Å². The molecule has 3 N–H and O–H groups in total. The maximum Gasteiger partial charge on any atom is 0.154 e. The predicted molar refractivity (Wildman–Crippen MR) is 128 cm³/mol. The van der Waals surface area contributed by atoms with Crippen molar-refractivity contribution in [1.29, 1.82) is 0 Å². The van der Waals surface area contributed by atoms with Crippen molar-refractivity contribution in [3.63, 3.8) is 0 Å². The molecule has 4 aromatic rings. The van der Waals surface area contributed by atoms with Crippen molar-refractivity contribution in [2.24, 2.45) is 0 Å². The van der Waals surface area contributed by atoms with Gasteiger partial charge in [-0.25, -0.2) is 9.97 Å². The Bertz CT molecular complexity index is 1180. The molecule has 2 aromatic carbocycles. The van der Waals surface area contributed by atoms with Crippen LogP contribution in [0.2, 0.25) is 0 Å². The van der Waals surface area contributed by atoms with E-state index in [0.29, 0.717) is 6.61 Å². The third-order valence-electron chi connectivity index (χ3n) is 5.73. The summed E-state index contributed by atoms with van der Waals surface area (Å²) in [7, 11) is 3.62. The number of fused-ring (bicyclic) bond motifs is 3. The number of imidazole rings is 1. The number of hydrogen-bond acceptors (Lipinski definition) is 5. The molecule has 0 bridgehead atoms. The molecular formula is C25H31N5O. The van der Waals surface area contributed by atoms with Crippen molar-refractivity contribution in [2.75, 3.05) is 25.2 Å². The third kappa shape index (κ3) is 4.35. The van der Waals surface area contributed by atoms with Crippen LogP contribution >= 0.6 is 0 Å². The minimum absolute atomic E-state index is 0.572. The zero-order valence-corrected chi connectivity index (χ0v) is 18.6. The van der Waals surface area contributed by atoms with Gasteiger partial charge >= 0.3 is 0 Å². The van der Waals surface area contributed by atoms with Crippen LogP contribution in [0.1, 0.15) is 36.7 Å². The summed E-state index contributed by atoms with van der Waals surface area (Å²) in [5.74, 6) is 1.94. The van der Waals surface area contributed by atoms with Crippen LogP contribution in [0, 0.1) is 0 Å². The largest absolute Gasteiger partial charge is 0.399 e. The molecule has 31 heavy (non-hydrogen) atoms. The third-order valence-corrected chi connectivity index (χ3v) is 5.73. The summed E-state index contributed by atoms with van der Waals surface area (Å²) in [4.78, 5) is 9.92. The van der Waals surface area contributed by atoms with Crippen LogP contribution in [0.25, 0.3) is 21.9 Å². The maximum atomic E-state index is 5.86. The predicted octanol–water partition coefficient (Wildman–Crippen LogP) is 4.94. The molecule has 6 nitrogen and oxygen atoms in total. The molecule has 162 valence electrons. The Morgan fingerprint density at radius 1 is 1.03 bits per heavy atom. The van der Waals surface area contributed by atoms with E-state index in [2.05, 4.69) is 47.1 Å². The standard InChI is InChI=1S/C25H31N5O/c1-4-5-6-22-29-23-24(30(22)14-13-17-7-10-19(26)11-8-17)20-12-9-18(16-31-3)15-21(20)28-25(23)27-2/h7-12,15H,4-6,13-14,16,26H2,1-3H3,(H,27,28). The van der Waals surface area contributed by atoms with Crippen LogP contribution in [0.5, 0.6) is 0 Å². The van der Waals surface area contributed by atoms with Gasteiger partial charge in [-0.3, -0.25) is 0 Å². The van der Waals surface area contributed by atoms with Gasteiger partial charge in [-0.05, 0) is 42.2 Å². The fraction of sp³-hybridized carbons (Fsp3) is 0.360. The number of nitrogens with two attached hydrogens (primary N) is 1. The molecule has 0 aliphatic carbocycles. The first-order valence-corrected chi connectivity index (χ1v) is 11.0. The molecule has 0 amide bonds. The lowest BCUT2D eigenvalue weighted by molar-refractivity contribution is 0.185. The Morgan fingerprint density at radius 2 is 1.81 bits per heavy atom. The van der Waals surface area contributed by atoms with E-state index in [9.17, 15) is 0 Å². The Balaban J connectivity index is 1.85. The maximum absolute atomic E-state index is 5.86. The lowest BCUT2D eigenvalue weighted by atomic mass is 10.1. The van der Waals surface area contributed by atoms with Crippen LogP contribution in [0.3, 0.4) is 0 Å². The van der Waals surface area contributed by atoms with Crippen molar-refractivity contribution in [3.8, 4) is 0 Å². The number of pyridine rings is 1. The minimum atomic E-state index is 0.572. The van der Waals surface area contributed by atoms with E-state index in [1.165, 1.54) is 5.56 Å². The summed E-state index contributed by atoms with van der Waals surface area (Å²) in [5, 5.41) is 4.38. The van der Waals surface area contributed by atoms with Crippen molar-refractivity contribution < 1.29 is 4.74 Å².